The first-order chi connectivity index (χ1) is 7.69. The van der Waals surface area contributed by atoms with Gasteiger partial charge in [0, 0.05) is 38.6 Å². The van der Waals surface area contributed by atoms with Gasteiger partial charge in [-0.05, 0) is 13.0 Å². The van der Waals surface area contributed by atoms with E-state index in [0.29, 0.717) is 13.1 Å². The molecular formula is C11H23N3O2. The van der Waals surface area contributed by atoms with Gasteiger partial charge < -0.3 is 15.7 Å². The lowest BCUT2D eigenvalue weighted by molar-refractivity contribution is -0.136. The van der Waals surface area contributed by atoms with E-state index in [-0.39, 0.29) is 18.4 Å². The second-order valence-electron chi connectivity index (χ2n) is 4.37. The molecule has 5 heteroatoms. The number of rotatable bonds is 5. The molecule has 3 N–H and O–H groups in total. The quantitative estimate of drug-likeness (QED) is 0.641. The largest absolute Gasteiger partial charge is 0.395 e. The van der Waals surface area contributed by atoms with Gasteiger partial charge in [-0.2, -0.15) is 0 Å². The van der Waals surface area contributed by atoms with Gasteiger partial charge in [0.1, 0.15) is 0 Å². The van der Waals surface area contributed by atoms with Gasteiger partial charge in [0.2, 0.25) is 5.91 Å². The number of amides is 1. The number of aliphatic hydroxyl groups excluding tert-OH is 1. The maximum atomic E-state index is 12.0. The summed E-state index contributed by atoms with van der Waals surface area (Å²) in [5.74, 6) is 0.253. The normalized spacial score (nSPS) is 19.8. The van der Waals surface area contributed by atoms with Crippen LogP contribution < -0.4 is 5.73 Å². The monoisotopic (exact) mass is 229 g/mol. The van der Waals surface area contributed by atoms with Crippen molar-refractivity contribution in [2.75, 3.05) is 45.9 Å². The Balaban J connectivity index is 2.32. The molecule has 1 amide bonds. The minimum atomic E-state index is 0.0365. The molecular weight excluding hydrogens is 206 g/mol. The number of nitrogens with zero attached hydrogens (tertiary/aromatic N) is 2. The first-order valence-electron chi connectivity index (χ1n) is 6.01. The SMILES string of the molecule is CC(CCN)C(=O)N1CCN(CCO)CC1. The fourth-order valence-corrected chi connectivity index (χ4v) is 2.02. The van der Waals surface area contributed by atoms with Crippen LogP contribution in [0.15, 0.2) is 0 Å². The van der Waals surface area contributed by atoms with Crippen LogP contribution in [0.4, 0.5) is 0 Å². The van der Waals surface area contributed by atoms with Crippen molar-refractivity contribution in [2.45, 2.75) is 13.3 Å². The van der Waals surface area contributed by atoms with E-state index in [9.17, 15) is 4.79 Å². The van der Waals surface area contributed by atoms with Crippen molar-refractivity contribution in [3.8, 4) is 0 Å². The topological polar surface area (TPSA) is 69.8 Å². The number of nitrogens with two attached hydrogens (primary N) is 1. The highest BCUT2D eigenvalue weighted by Gasteiger charge is 2.23. The maximum absolute atomic E-state index is 12.0. The second kappa shape index (κ2) is 6.83. The van der Waals surface area contributed by atoms with E-state index in [4.69, 9.17) is 10.8 Å². The Morgan fingerprint density at radius 2 is 2.00 bits per heavy atom. The summed E-state index contributed by atoms with van der Waals surface area (Å²) < 4.78 is 0. The van der Waals surface area contributed by atoms with Crippen molar-refractivity contribution in [1.29, 1.82) is 0 Å². The van der Waals surface area contributed by atoms with E-state index >= 15 is 0 Å². The number of carbonyl (C=O) groups excluding carboxylic acids is 1. The molecule has 1 aliphatic rings. The Bertz CT molecular complexity index is 215. The third-order valence-corrected chi connectivity index (χ3v) is 3.12. The standard InChI is InChI=1S/C11H23N3O2/c1-10(2-3-12)11(16)14-6-4-13(5-7-14)8-9-15/h10,15H,2-9,12H2,1H3. The van der Waals surface area contributed by atoms with Crippen molar-refractivity contribution in [3.05, 3.63) is 0 Å². The van der Waals surface area contributed by atoms with Gasteiger partial charge >= 0.3 is 0 Å². The van der Waals surface area contributed by atoms with Crippen molar-refractivity contribution in [3.63, 3.8) is 0 Å². The molecule has 0 aromatic heterocycles. The molecule has 0 aromatic rings. The average molecular weight is 229 g/mol. The van der Waals surface area contributed by atoms with Crippen LogP contribution in [0.2, 0.25) is 0 Å². The molecule has 1 saturated heterocycles. The summed E-state index contributed by atoms with van der Waals surface area (Å²) in [6.45, 7) is 6.68. The van der Waals surface area contributed by atoms with Crippen LogP contribution in [0.5, 0.6) is 0 Å². The van der Waals surface area contributed by atoms with Crippen LogP contribution >= 0.6 is 0 Å². The van der Waals surface area contributed by atoms with E-state index in [0.717, 1.165) is 32.6 Å². The molecule has 0 radical (unpaired) electrons. The van der Waals surface area contributed by atoms with Crippen LogP contribution in [0, 0.1) is 5.92 Å². The zero-order chi connectivity index (χ0) is 12.0. The average Bonchev–Trinajstić information content (AvgIpc) is 2.30. The summed E-state index contributed by atoms with van der Waals surface area (Å²) in [7, 11) is 0. The van der Waals surface area contributed by atoms with E-state index < -0.39 is 0 Å². The van der Waals surface area contributed by atoms with Gasteiger partial charge in [-0.15, -0.1) is 0 Å². The second-order valence-corrected chi connectivity index (χ2v) is 4.37. The van der Waals surface area contributed by atoms with E-state index in [1.165, 1.54) is 0 Å². The lowest BCUT2D eigenvalue weighted by Gasteiger charge is -2.35. The fourth-order valence-electron chi connectivity index (χ4n) is 2.02. The summed E-state index contributed by atoms with van der Waals surface area (Å²) in [6, 6.07) is 0. The first kappa shape index (κ1) is 13.4. The highest BCUT2D eigenvalue weighted by Crippen LogP contribution is 2.09. The number of hydrogen-bond donors (Lipinski definition) is 2. The molecule has 0 aromatic carbocycles. The molecule has 0 bridgehead atoms. The molecule has 0 spiro atoms. The molecule has 0 aliphatic carbocycles. The Kier molecular flexibility index (Phi) is 5.73. The van der Waals surface area contributed by atoms with Crippen molar-refractivity contribution in [2.24, 2.45) is 11.7 Å². The molecule has 0 saturated carbocycles. The Labute approximate surface area is 97.2 Å². The fraction of sp³-hybridized carbons (Fsp3) is 0.909. The molecule has 16 heavy (non-hydrogen) atoms. The molecule has 1 atom stereocenters. The van der Waals surface area contributed by atoms with Gasteiger partial charge in [-0.25, -0.2) is 0 Å². The molecule has 1 aliphatic heterocycles. The molecule has 1 unspecified atom stereocenters. The summed E-state index contributed by atoms with van der Waals surface area (Å²) in [5.41, 5.74) is 5.45. The third-order valence-electron chi connectivity index (χ3n) is 3.12. The van der Waals surface area contributed by atoms with Crippen molar-refractivity contribution >= 4 is 5.91 Å². The van der Waals surface area contributed by atoms with Gasteiger partial charge in [-0.3, -0.25) is 9.69 Å². The summed E-state index contributed by atoms with van der Waals surface area (Å²) in [4.78, 5) is 16.0. The molecule has 1 fully saturated rings. The van der Waals surface area contributed by atoms with Crippen LogP contribution in [-0.4, -0.2) is 66.7 Å². The smallest absolute Gasteiger partial charge is 0.225 e. The zero-order valence-electron chi connectivity index (χ0n) is 10.1. The number of piperazine rings is 1. The number of aliphatic hydroxyl groups is 1. The van der Waals surface area contributed by atoms with Gasteiger partial charge in [-0.1, -0.05) is 6.92 Å². The van der Waals surface area contributed by atoms with Gasteiger partial charge in [0.05, 0.1) is 6.61 Å². The van der Waals surface area contributed by atoms with Crippen molar-refractivity contribution < 1.29 is 9.90 Å². The highest BCUT2D eigenvalue weighted by atomic mass is 16.3. The lowest BCUT2D eigenvalue weighted by Crippen LogP contribution is -2.50. The Morgan fingerprint density at radius 1 is 1.38 bits per heavy atom. The zero-order valence-corrected chi connectivity index (χ0v) is 10.1. The van der Waals surface area contributed by atoms with Crippen LogP contribution in [0.1, 0.15) is 13.3 Å². The third kappa shape index (κ3) is 3.73. The summed E-state index contributed by atoms with van der Waals surface area (Å²) in [6.07, 6.45) is 0.760. The van der Waals surface area contributed by atoms with Crippen LogP contribution in [0.25, 0.3) is 0 Å². The molecule has 5 nitrogen and oxygen atoms in total. The maximum Gasteiger partial charge on any atom is 0.225 e. The summed E-state index contributed by atoms with van der Waals surface area (Å²) in [5, 5.41) is 8.82. The van der Waals surface area contributed by atoms with E-state index in [1.807, 2.05) is 11.8 Å². The molecule has 1 rings (SSSR count). The van der Waals surface area contributed by atoms with Gasteiger partial charge in [0.15, 0.2) is 0 Å². The van der Waals surface area contributed by atoms with Crippen LogP contribution in [0.3, 0.4) is 0 Å². The Hall–Kier alpha value is -0.650. The predicted molar refractivity (Wildman–Crippen MR) is 62.9 cm³/mol. The van der Waals surface area contributed by atoms with E-state index in [1.54, 1.807) is 0 Å². The summed E-state index contributed by atoms with van der Waals surface area (Å²) >= 11 is 0. The molecule has 94 valence electrons. The number of carbonyl (C=O) groups is 1. The van der Waals surface area contributed by atoms with Crippen LogP contribution in [-0.2, 0) is 4.79 Å². The Morgan fingerprint density at radius 3 is 2.50 bits per heavy atom. The van der Waals surface area contributed by atoms with Crippen molar-refractivity contribution in [1.82, 2.24) is 9.80 Å². The highest BCUT2D eigenvalue weighted by molar-refractivity contribution is 5.78. The van der Waals surface area contributed by atoms with Gasteiger partial charge in [0.25, 0.3) is 0 Å². The molecule has 1 heterocycles. The minimum absolute atomic E-state index is 0.0365. The van der Waals surface area contributed by atoms with E-state index in [2.05, 4.69) is 4.90 Å². The number of hydrogen-bond acceptors (Lipinski definition) is 4. The predicted octanol–water partition coefficient (Wildman–Crippen LogP) is -0.892. The lowest BCUT2D eigenvalue weighted by atomic mass is 10.1. The number of β-amino-alcohol motifs (C(OH)–C–C–N with tert-alkyl or cyclic N) is 1. The first-order valence-corrected chi connectivity index (χ1v) is 6.01. The minimum Gasteiger partial charge on any atom is -0.395 e.